The van der Waals surface area contributed by atoms with Crippen molar-refractivity contribution in [3.05, 3.63) is 48.5 Å². The third kappa shape index (κ3) is 4.61. The fraction of sp³-hybridized carbons (Fsp3) is 0.348. The lowest BCUT2D eigenvalue weighted by Crippen LogP contribution is -2.45. The van der Waals surface area contributed by atoms with Gasteiger partial charge in [0.05, 0.1) is 18.5 Å². The molecule has 3 aromatic heterocycles. The zero-order chi connectivity index (χ0) is 22.5. The molecule has 9 heteroatoms. The first-order valence-electron chi connectivity index (χ1n) is 10.7. The molecule has 32 heavy (non-hydrogen) atoms. The zero-order valence-corrected chi connectivity index (χ0v) is 18.3. The number of rotatable bonds is 5. The molecule has 0 bridgehead atoms. The number of hydrogen-bond donors (Lipinski definition) is 2. The van der Waals surface area contributed by atoms with Crippen LogP contribution in [0.15, 0.2) is 43.0 Å². The Balaban J connectivity index is 1.72. The summed E-state index contributed by atoms with van der Waals surface area (Å²) in [5.41, 5.74) is 9.45. The summed E-state index contributed by atoms with van der Waals surface area (Å²) >= 11 is 0. The van der Waals surface area contributed by atoms with Crippen molar-refractivity contribution < 1.29 is 9.53 Å². The van der Waals surface area contributed by atoms with Gasteiger partial charge < -0.3 is 10.5 Å². The number of aromatic nitrogens is 4. The van der Waals surface area contributed by atoms with E-state index in [1.807, 2.05) is 19.1 Å². The molecular formula is C23H27N7O2. The van der Waals surface area contributed by atoms with Crippen LogP contribution in [0.3, 0.4) is 0 Å². The van der Waals surface area contributed by atoms with Crippen molar-refractivity contribution in [2.75, 3.05) is 23.1 Å². The van der Waals surface area contributed by atoms with Gasteiger partial charge in [0.15, 0.2) is 5.82 Å². The largest absolute Gasteiger partial charge is 0.481 e. The number of ether oxygens (including phenoxy) is 1. The number of amides is 2. The van der Waals surface area contributed by atoms with Gasteiger partial charge in [0.25, 0.3) is 0 Å². The van der Waals surface area contributed by atoms with Crippen LogP contribution in [0.5, 0.6) is 5.88 Å². The maximum absolute atomic E-state index is 13.5. The second kappa shape index (κ2) is 9.59. The van der Waals surface area contributed by atoms with E-state index in [0.717, 1.165) is 48.9 Å². The van der Waals surface area contributed by atoms with Crippen molar-refractivity contribution in [1.29, 1.82) is 0 Å². The molecule has 9 nitrogen and oxygen atoms in total. The third-order valence-corrected chi connectivity index (χ3v) is 5.69. The smallest absolute Gasteiger partial charge is 0.328 e. The molecule has 0 atom stereocenters. The highest BCUT2D eigenvalue weighted by Gasteiger charge is 2.30. The topological polar surface area (TPSA) is 119 Å². The van der Waals surface area contributed by atoms with E-state index in [1.165, 1.54) is 13.4 Å². The molecule has 0 spiro atoms. The molecule has 166 valence electrons. The number of urea groups is 1. The molecule has 0 unspecified atom stereocenters. The Morgan fingerprint density at radius 3 is 2.75 bits per heavy atom. The predicted octanol–water partition coefficient (Wildman–Crippen LogP) is 4.20. The minimum absolute atomic E-state index is 0.00692. The maximum atomic E-state index is 13.5. The summed E-state index contributed by atoms with van der Waals surface area (Å²) in [6.07, 6.45) is 9.90. The van der Waals surface area contributed by atoms with E-state index in [9.17, 15) is 4.79 Å². The Morgan fingerprint density at radius 2 is 2.00 bits per heavy atom. The summed E-state index contributed by atoms with van der Waals surface area (Å²) in [5, 5.41) is 2.86. The molecule has 3 aromatic rings. The fourth-order valence-corrected chi connectivity index (χ4v) is 4.00. The standard InChI is InChI=1S/C23H27N7O2/c1-15-10-11-25-13-17(15)19-9-8-18(24)22(28-19)30(16-6-4-3-5-7-16)23(31)29-20-12-21(32-2)27-14-26-20/h8-14,16H,3-7,24H2,1-2H3,(H,26,27,29,31). The van der Waals surface area contributed by atoms with Crippen LogP contribution >= 0.6 is 0 Å². The Labute approximate surface area is 187 Å². The molecule has 0 radical (unpaired) electrons. The summed E-state index contributed by atoms with van der Waals surface area (Å²) < 4.78 is 5.14. The second-order valence-corrected chi connectivity index (χ2v) is 7.84. The van der Waals surface area contributed by atoms with Gasteiger partial charge in [-0.2, -0.15) is 0 Å². The van der Waals surface area contributed by atoms with Gasteiger partial charge in [-0.15, -0.1) is 0 Å². The molecule has 1 aliphatic rings. The summed E-state index contributed by atoms with van der Waals surface area (Å²) in [7, 11) is 1.51. The van der Waals surface area contributed by atoms with Gasteiger partial charge >= 0.3 is 6.03 Å². The summed E-state index contributed by atoms with van der Waals surface area (Å²) in [4.78, 5) is 32.3. The van der Waals surface area contributed by atoms with Crippen molar-refractivity contribution in [2.45, 2.75) is 45.1 Å². The lowest BCUT2D eigenvalue weighted by atomic mass is 9.94. The number of carbonyl (C=O) groups is 1. The van der Waals surface area contributed by atoms with E-state index >= 15 is 0 Å². The number of nitrogens with zero attached hydrogens (tertiary/aromatic N) is 5. The number of methoxy groups -OCH3 is 1. The zero-order valence-electron chi connectivity index (χ0n) is 18.3. The molecule has 3 heterocycles. The van der Waals surface area contributed by atoms with E-state index in [0.29, 0.717) is 23.2 Å². The molecule has 3 N–H and O–H groups in total. The lowest BCUT2D eigenvalue weighted by molar-refractivity contribution is 0.252. The van der Waals surface area contributed by atoms with Gasteiger partial charge in [0.1, 0.15) is 12.1 Å². The summed E-state index contributed by atoms with van der Waals surface area (Å²) in [6, 6.07) is 6.81. The molecular weight excluding hydrogens is 406 g/mol. The first kappa shape index (κ1) is 21.5. The Hall–Kier alpha value is -3.75. The Morgan fingerprint density at radius 1 is 1.19 bits per heavy atom. The number of anilines is 3. The first-order valence-corrected chi connectivity index (χ1v) is 10.7. The van der Waals surface area contributed by atoms with Crippen molar-refractivity contribution in [1.82, 2.24) is 19.9 Å². The molecule has 1 aliphatic carbocycles. The molecule has 4 rings (SSSR count). The van der Waals surface area contributed by atoms with Gasteiger partial charge in [-0.25, -0.2) is 19.7 Å². The van der Waals surface area contributed by atoms with Crippen molar-refractivity contribution in [3.63, 3.8) is 0 Å². The molecule has 1 saturated carbocycles. The molecule has 2 amide bonds. The van der Waals surface area contributed by atoms with Crippen LogP contribution in [0.1, 0.15) is 37.7 Å². The van der Waals surface area contributed by atoms with Crippen LogP contribution in [-0.4, -0.2) is 39.1 Å². The maximum Gasteiger partial charge on any atom is 0.328 e. The van der Waals surface area contributed by atoms with Crippen molar-refractivity contribution in [3.8, 4) is 17.1 Å². The Bertz CT molecular complexity index is 1100. The molecule has 0 saturated heterocycles. The molecule has 0 aromatic carbocycles. The van der Waals surface area contributed by atoms with Crippen LogP contribution in [0.25, 0.3) is 11.3 Å². The molecule has 1 fully saturated rings. The molecule has 0 aliphatic heterocycles. The number of nitrogens with one attached hydrogen (secondary N) is 1. The van der Waals surface area contributed by atoms with E-state index < -0.39 is 0 Å². The van der Waals surface area contributed by atoms with Crippen molar-refractivity contribution in [2.24, 2.45) is 0 Å². The number of hydrogen-bond acceptors (Lipinski definition) is 7. The minimum Gasteiger partial charge on any atom is -0.481 e. The number of aryl methyl sites for hydroxylation is 1. The van der Waals surface area contributed by atoms with E-state index in [1.54, 1.807) is 29.4 Å². The van der Waals surface area contributed by atoms with E-state index in [4.69, 9.17) is 15.5 Å². The summed E-state index contributed by atoms with van der Waals surface area (Å²) in [5.74, 6) is 1.16. The monoisotopic (exact) mass is 433 g/mol. The van der Waals surface area contributed by atoms with Crippen LogP contribution in [0.4, 0.5) is 22.1 Å². The van der Waals surface area contributed by atoms with Crippen LogP contribution in [-0.2, 0) is 0 Å². The normalized spacial score (nSPS) is 14.1. The SMILES string of the molecule is COc1cc(NC(=O)N(c2nc(-c3cnccc3C)ccc2N)C2CCCCC2)ncn1. The number of pyridine rings is 2. The second-order valence-electron chi connectivity index (χ2n) is 7.84. The quantitative estimate of drug-likeness (QED) is 0.619. The van der Waals surface area contributed by atoms with Gasteiger partial charge in [0.2, 0.25) is 5.88 Å². The van der Waals surface area contributed by atoms with E-state index in [-0.39, 0.29) is 12.1 Å². The summed E-state index contributed by atoms with van der Waals surface area (Å²) in [6.45, 7) is 2.00. The lowest BCUT2D eigenvalue weighted by Gasteiger charge is -2.34. The van der Waals surface area contributed by atoms with Crippen molar-refractivity contribution >= 4 is 23.4 Å². The van der Waals surface area contributed by atoms with Gasteiger partial charge in [-0.05, 0) is 43.5 Å². The predicted molar refractivity (Wildman–Crippen MR) is 124 cm³/mol. The minimum atomic E-state index is -0.336. The third-order valence-electron chi connectivity index (χ3n) is 5.69. The number of nitrogens with two attached hydrogens (primary N) is 1. The van der Waals surface area contributed by atoms with E-state index in [2.05, 4.69) is 20.3 Å². The van der Waals surface area contributed by atoms with Crippen LogP contribution in [0.2, 0.25) is 0 Å². The Kier molecular flexibility index (Phi) is 6.44. The van der Waals surface area contributed by atoms with Crippen LogP contribution in [0, 0.1) is 6.92 Å². The van der Waals surface area contributed by atoms with Gasteiger partial charge in [-0.3, -0.25) is 15.2 Å². The average molecular weight is 434 g/mol. The number of nitrogen functional groups attached to an aromatic ring is 1. The average Bonchev–Trinajstić information content (AvgIpc) is 2.82. The highest BCUT2D eigenvalue weighted by molar-refractivity contribution is 6.03. The highest BCUT2D eigenvalue weighted by Crippen LogP contribution is 2.33. The van der Waals surface area contributed by atoms with Gasteiger partial charge in [0, 0.05) is 30.1 Å². The number of carbonyl (C=O) groups excluding carboxylic acids is 1. The van der Waals surface area contributed by atoms with Gasteiger partial charge in [-0.1, -0.05) is 19.3 Å². The fourth-order valence-electron chi connectivity index (χ4n) is 4.00. The van der Waals surface area contributed by atoms with Crippen LogP contribution < -0.4 is 20.7 Å². The first-order chi connectivity index (χ1) is 15.6. The highest BCUT2D eigenvalue weighted by atomic mass is 16.5.